The van der Waals surface area contributed by atoms with Crippen molar-refractivity contribution in [2.75, 3.05) is 27.4 Å². The topological polar surface area (TPSA) is 82.0 Å². The lowest BCUT2D eigenvalue weighted by molar-refractivity contribution is 0.199. The number of hydrogen-bond donors (Lipinski definition) is 1. The van der Waals surface area contributed by atoms with Crippen molar-refractivity contribution < 1.29 is 9.47 Å². The second-order valence-corrected chi connectivity index (χ2v) is 4.00. The quantitative estimate of drug-likeness (QED) is 0.744. The summed E-state index contributed by atoms with van der Waals surface area (Å²) in [5.41, 5.74) is 1.51. The molecule has 0 saturated carbocycles. The first-order valence-electron chi connectivity index (χ1n) is 6.23. The number of rotatable bonds is 7. The number of ether oxygens (including phenoxy) is 2. The molecule has 2 rings (SSSR count). The molecule has 2 heterocycles. The summed E-state index contributed by atoms with van der Waals surface area (Å²) in [6.07, 6.45) is 1.71. The van der Waals surface area contributed by atoms with Crippen molar-refractivity contribution in [3.63, 3.8) is 0 Å². The van der Waals surface area contributed by atoms with Gasteiger partial charge in [-0.3, -0.25) is 0 Å². The Bertz CT molecular complexity index is 533. The van der Waals surface area contributed by atoms with Crippen LogP contribution in [0.25, 0.3) is 11.5 Å². The predicted molar refractivity (Wildman–Crippen MR) is 73.2 cm³/mol. The first kappa shape index (κ1) is 14.3. The van der Waals surface area contributed by atoms with E-state index in [0.29, 0.717) is 30.5 Å². The van der Waals surface area contributed by atoms with Crippen LogP contribution in [-0.4, -0.2) is 47.5 Å². The average molecular weight is 275 g/mol. The lowest BCUT2D eigenvalue weighted by Crippen LogP contribution is -2.19. The minimum Gasteiger partial charge on any atom is -0.480 e. The summed E-state index contributed by atoms with van der Waals surface area (Å²) in [6, 6.07) is 5.37. The van der Waals surface area contributed by atoms with Gasteiger partial charge in [-0.1, -0.05) is 0 Å². The summed E-state index contributed by atoms with van der Waals surface area (Å²) >= 11 is 0. The summed E-state index contributed by atoms with van der Waals surface area (Å²) in [6.45, 7) is 2.10. The second kappa shape index (κ2) is 7.46. The third-order valence-corrected chi connectivity index (χ3v) is 2.58. The number of methoxy groups -OCH3 is 2. The van der Waals surface area contributed by atoms with Gasteiger partial charge in [0.05, 0.1) is 19.4 Å². The van der Waals surface area contributed by atoms with Gasteiger partial charge in [-0.2, -0.15) is 0 Å². The van der Waals surface area contributed by atoms with Crippen molar-refractivity contribution in [2.24, 2.45) is 0 Å². The molecule has 0 aliphatic carbocycles. The van der Waals surface area contributed by atoms with Gasteiger partial charge in [0.25, 0.3) is 0 Å². The predicted octanol–water partition coefficient (Wildman–Crippen LogP) is 0.678. The van der Waals surface area contributed by atoms with Crippen molar-refractivity contribution in [3.8, 4) is 17.4 Å². The highest BCUT2D eigenvalue weighted by atomic mass is 16.5. The normalized spacial score (nSPS) is 10.5. The van der Waals surface area contributed by atoms with E-state index in [1.807, 2.05) is 6.07 Å². The van der Waals surface area contributed by atoms with E-state index in [1.165, 1.54) is 0 Å². The first-order chi connectivity index (χ1) is 9.83. The van der Waals surface area contributed by atoms with E-state index < -0.39 is 0 Å². The fourth-order valence-electron chi connectivity index (χ4n) is 1.56. The molecule has 0 fully saturated rings. The second-order valence-electron chi connectivity index (χ2n) is 4.00. The summed E-state index contributed by atoms with van der Waals surface area (Å²) in [4.78, 5) is 8.64. The maximum Gasteiger partial charge on any atom is 0.233 e. The van der Waals surface area contributed by atoms with Crippen LogP contribution in [0.2, 0.25) is 0 Å². The third-order valence-electron chi connectivity index (χ3n) is 2.58. The van der Waals surface area contributed by atoms with Crippen LogP contribution in [0.5, 0.6) is 5.88 Å². The number of aromatic nitrogens is 4. The minimum absolute atomic E-state index is 0.464. The highest BCUT2D eigenvalue weighted by Crippen LogP contribution is 2.13. The smallest absolute Gasteiger partial charge is 0.233 e. The van der Waals surface area contributed by atoms with Gasteiger partial charge in [0.2, 0.25) is 5.88 Å². The zero-order chi connectivity index (χ0) is 14.2. The van der Waals surface area contributed by atoms with Crippen molar-refractivity contribution in [3.05, 3.63) is 30.1 Å². The molecule has 0 amide bonds. The highest BCUT2D eigenvalue weighted by molar-refractivity contribution is 5.48. The molecular weight excluding hydrogens is 258 g/mol. The Morgan fingerprint density at radius 3 is 2.75 bits per heavy atom. The van der Waals surface area contributed by atoms with Crippen LogP contribution in [0.1, 0.15) is 5.69 Å². The van der Waals surface area contributed by atoms with Gasteiger partial charge in [-0.05, 0) is 12.1 Å². The van der Waals surface area contributed by atoms with E-state index in [9.17, 15) is 0 Å². The molecule has 1 N–H and O–H groups in total. The van der Waals surface area contributed by atoms with Crippen LogP contribution in [0, 0.1) is 0 Å². The van der Waals surface area contributed by atoms with Crippen LogP contribution < -0.4 is 10.1 Å². The Morgan fingerprint density at radius 2 is 2.05 bits per heavy atom. The van der Waals surface area contributed by atoms with Gasteiger partial charge in [0.1, 0.15) is 5.69 Å². The van der Waals surface area contributed by atoms with Gasteiger partial charge in [0, 0.05) is 32.5 Å². The number of nitrogens with zero attached hydrogens (tertiary/aromatic N) is 4. The zero-order valence-corrected chi connectivity index (χ0v) is 11.5. The SMILES string of the molecule is COCCNCc1ccnc(-c2ccc(OC)nn2)n1. The number of hydrogen-bond acceptors (Lipinski definition) is 7. The Kier molecular flexibility index (Phi) is 5.33. The molecule has 7 nitrogen and oxygen atoms in total. The van der Waals surface area contributed by atoms with E-state index in [4.69, 9.17) is 9.47 Å². The highest BCUT2D eigenvalue weighted by Gasteiger charge is 2.05. The Hall–Kier alpha value is -2.12. The lowest BCUT2D eigenvalue weighted by Gasteiger charge is -2.05. The monoisotopic (exact) mass is 275 g/mol. The van der Waals surface area contributed by atoms with Crippen molar-refractivity contribution in [1.82, 2.24) is 25.5 Å². The molecule has 0 saturated heterocycles. The van der Waals surface area contributed by atoms with E-state index >= 15 is 0 Å². The van der Waals surface area contributed by atoms with Crippen LogP contribution in [-0.2, 0) is 11.3 Å². The summed E-state index contributed by atoms with van der Waals surface area (Å²) in [7, 11) is 3.22. The average Bonchev–Trinajstić information content (AvgIpc) is 2.52. The molecule has 106 valence electrons. The minimum atomic E-state index is 0.464. The zero-order valence-electron chi connectivity index (χ0n) is 11.5. The van der Waals surface area contributed by atoms with Crippen LogP contribution >= 0.6 is 0 Å². The fraction of sp³-hybridized carbons (Fsp3) is 0.385. The first-order valence-corrected chi connectivity index (χ1v) is 6.23. The lowest BCUT2D eigenvalue weighted by atomic mass is 10.3. The molecule has 20 heavy (non-hydrogen) atoms. The van der Waals surface area contributed by atoms with Gasteiger partial charge >= 0.3 is 0 Å². The van der Waals surface area contributed by atoms with Crippen molar-refractivity contribution in [1.29, 1.82) is 0 Å². The molecule has 0 aromatic carbocycles. The molecule has 0 bridgehead atoms. The summed E-state index contributed by atoms with van der Waals surface area (Å²) in [5, 5.41) is 11.2. The molecule has 0 aliphatic rings. The van der Waals surface area contributed by atoms with E-state index in [1.54, 1.807) is 32.5 Å². The van der Waals surface area contributed by atoms with Gasteiger partial charge < -0.3 is 14.8 Å². The Labute approximate surface area is 117 Å². The molecule has 7 heteroatoms. The molecular formula is C13H17N5O2. The Balaban J connectivity index is 2.04. The van der Waals surface area contributed by atoms with Gasteiger partial charge in [0.15, 0.2) is 5.82 Å². The molecule has 0 unspecified atom stereocenters. The van der Waals surface area contributed by atoms with E-state index in [2.05, 4.69) is 25.5 Å². The standard InChI is InChI=1S/C13H17N5O2/c1-19-8-7-14-9-10-5-6-15-13(16-10)11-3-4-12(20-2)18-17-11/h3-6,14H,7-9H2,1-2H3. The van der Waals surface area contributed by atoms with Crippen molar-refractivity contribution >= 4 is 0 Å². The van der Waals surface area contributed by atoms with E-state index in [-0.39, 0.29) is 0 Å². The van der Waals surface area contributed by atoms with E-state index in [0.717, 1.165) is 12.2 Å². The molecule has 2 aromatic rings. The summed E-state index contributed by atoms with van der Waals surface area (Å²) < 4.78 is 9.94. The van der Waals surface area contributed by atoms with Crippen LogP contribution in [0.4, 0.5) is 0 Å². The number of nitrogens with one attached hydrogen (secondary N) is 1. The van der Waals surface area contributed by atoms with Crippen LogP contribution in [0.3, 0.4) is 0 Å². The molecule has 0 spiro atoms. The van der Waals surface area contributed by atoms with Crippen molar-refractivity contribution in [2.45, 2.75) is 6.54 Å². The maximum atomic E-state index is 4.97. The largest absolute Gasteiger partial charge is 0.480 e. The van der Waals surface area contributed by atoms with Gasteiger partial charge in [-0.25, -0.2) is 9.97 Å². The fourth-order valence-corrected chi connectivity index (χ4v) is 1.56. The van der Waals surface area contributed by atoms with Crippen LogP contribution in [0.15, 0.2) is 24.4 Å². The molecule has 2 aromatic heterocycles. The Morgan fingerprint density at radius 1 is 1.15 bits per heavy atom. The molecule has 0 radical (unpaired) electrons. The summed E-state index contributed by atoms with van der Waals surface area (Å²) in [5.74, 6) is 1.01. The van der Waals surface area contributed by atoms with Gasteiger partial charge in [-0.15, -0.1) is 10.2 Å². The third kappa shape index (κ3) is 3.94. The maximum absolute atomic E-state index is 4.97. The molecule has 0 aliphatic heterocycles. The molecule has 0 atom stereocenters.